The molecule has 9 nitrogen and oxygen atoms in total. The summed E-state index contributed by atoms with van der Waals surface area (Å²) in [6.45, 7) is 0.527. The third-order valence-corrected chi connectivity index (χ3v) is 7.27. The van der Waals surface area contributed by atoms with Crippen LogP contribution < -0.4 is 10.2 Å². The van der Waals surface area contributed by atoms with Crippen molar-refractivity contribution in [1.82, 2.24) is 4.90 Å². The van der Waals surface area contributed by atoms with E-state index < -0.39 is 45.8 Å². The molecule has 4 aliphatic heterocycles. The lowest BCUT2D eigenvalue weighted by molar-refractivity contribution is -0.384. The maximum absolute atomic E-state index is 14.3. The molecule has 0 radical (unpaired) electrons. The van der Waals surface area contributed by atoms with Crippen molar-refractivity contribution in [3.05, 3.63) is 64.0 Å². The summed E-state index contributed by atoms with van der Waals surface area (Å²) in [4.78, 5) is 54.0. The molecule has 6 rings (SSSR count). The Balaban J connectivity index is 1.51. The largest absolute Gasteiger partial charge is 0.324 e. The third-order valence-electron chi connectivity index (χ3n) is 7.27. The van der Waals surface area contributed by atoms with E-state index >= 15 is 0 Å². The molecule has 3 amide bonds. The summed E-state index contributed by atoms with van der Waals surface area (Å²) < 4.78 is 14.3. The standard InChI is InChI=1S/C22H17FN4O5/c23-11-3-8-15-14(10-11)22(21(30)24-15)18-17(16-2-1-9-25(16)22)19(28)26(20(18)29)12-4-6-13(7-5-12)27(31)32/h3-8,10,16-18H,1-2,9H2,(H,24,30)/t16-,17-,18-,22+/m0/s1. The molecule has 3 saturated heterocycles. The van der Waals surface area contributed by atoms with E-state index in [2.05, 4.69) is 5.32 Å². The monoisotopic (exact) mass is 436 g/mol. The highest BCUT2D eigenvalue weighted by atomic mass is 19.1. The van der Waals surface area contributed by atoms with Crippen molar-refractivity contribution in [3.63, 3.8) is 0 Å². The summed E-state index contributed by atoms with van der Waals surface area (Å²) in [7, 11) is 0. The van der Waals surface area contributed by atoms with Gasteiger partial charge in [0.2, 0.25) is 17.7 Å². The Bertz CT molecular complexity index is 1230. The van der Waals surface area contributed by atoms with Crippen LogP contribution in [0.2, 0.25) is 0 Å². The Hall–Kier alpha value is -3.66. The van der Waals surface area contributed by atoms with Gasteiger partial charge in [-0.1, -0.05) is 0 Å². The van der Waals surface area contributed by atoms with Crippen LogP contribution in [0, 0.1) is 27.8 Å². The van der Waals surface area contributed by atoms with Crippen LogP contribution in [0.4, 0.5) is 21.5 Å². The number of non-ortho nitro benzene ring substituents is 1. The van der Waals surface area contributed by atoms with Crippen LogP contribution >= 0.6 is 0 Å². The molecular formula is C22H17FN4O5. The zero-order valence-electron chi connectivity index (χ0n) is 16.7. The van der Waals surface area contributed by atoms with Crippen molar-refractivity contribution in [3.8, 4) is 0 Å². The number of halogens is 1. The molecule has 4 aliphatic rings. The molecule has 3 fully saturated rings. The predicted octanol–water partition coefficient (Wildman–Crippen LogP) is 2.17. The summed E-state index contributed by atoms with van der Waals surface area (Å²) in [6.07, 6.45) is 1.40. The van der Waals surface area contributed by atoms with Gasteiger partial charge in [0, 0.05) is 29.4 Å². The van der Waals surface area contributed by atoms with Crippen molar-refractivity contribution < 1.29 is 23.7 Å². The zero-order chi connectivity index (χ0) is 22.4. The first-order valence-electron chi connectivity index (χ1n) is 10.4. The van der Waals surface area contributed by atoms with Crippen molar-refractivity contribution in [2.24, 2.45) is 11.8 Å². The van der Waals surface area contributed by atoms with Crippen LogP contribution in [0.5, 0.6) is 0 Å². The number of fused-ring (bicyclic) bond motifs is 7. The fourth-order valence-electron chi connectivity index (χ4n) is 6.15. The second kappa shape index (κ2) is 6.19. The Morgan fingerprint density at radius 3 is 2.56 bits per heavy atom. The topological polar surface area (TPSA) is 113 Å². The quantitative estimate of drug-likeness (QED) is 0.439. The first-order chi connectivity index (χ1) is 15.4. The summed E-state index contributed by atoms with van der Waals surface area (Å²) in [5, 5.41) is 13.8. The molecule has 4 atom stereocenters. The number of hydrogen-bond acceptors (Lipinski definition) is 6. The van der Waals surface area contributed by atoms with Crippen LogP contribution in [0.1, 0.15) is 18.4 Å². The number of nitrogens with one attached hydrogen (secondary N) is 1. The summed E-state index contributed by atoms with van der Waals surface area (Å²) in [6, 6.07) is 8.86. The lowest BCUT2D eigenvalue weighted by atomic mass is 9.75. The van der Waals surface area contributed by atoms with Crippen molar-refractivity contribution >= 4 is 34.8 Å². The minimum atomic E-state index is -1.45. The molecule has 4 heterocycles. The molecule has 10 heteroatoms. The Kier molecular flexibility index (Phi) is 3.69. The first kappa shape index (κ1) is 19.1. The number of nitro benzene ring substituents is 1. The molecule has 0 bridgehead atoms. The van der Waals surface area contributed by atoms with Crippen LogP contribution in [0.25, 0.3) is 0 Å². The fourth-order valence-corrected chi connectivity index (χ4v) is 6.15. The van der Waals surface area contributed by atoms with Gasteiger partial charge in [-0.2, -0.15) is 0 Å². The molecule has 0 aromatic heterocycles. The molecular weight excluding hydrogens is 419 g/mol. The number of imide groups is 1. The molecule has 2 aromatic rings. The summed E-state index contributed by atoms with van der Waals surface area (Å²) in [5.74, 6) is -3.68. The number of amides is 3. The average Bonchev–Trinajstić information content (AvgIpc) is 3.47. The van der Waals surface area contributed by atoms with Crippen LogP contribution in [0.15, 0.2) is 42.5 Å². The van der Waals surface area contributed by atoms with Gasteiger partial charge in [-0.05, 0) is 49.7 Å². The van der Waals surface area contributed by atoms with E-state index in [4.69, 9.17) is 0 Å². The minimum absolute atomic E-state index is 0.161. The van der Waals surface area contributed by atoms with E-state index in [0.717, 1.165) is 11.3 Å². The van der Waals surface area contributed by atoms with Gasteiger partial charge in [0.05, 0.1) is 22.4 Å². The second-order valence-electron chi connectivity index (χ2n) is 8.60. The normalized spacial score (nSPS) is 30.6. The van der Waals surface area contributed by atoms with Gasteiger partial charge in [0.1, 0.15) is 11.4 Å². The zero-order valence-corrected chi connectivity index (χ0v) is 16.7. The van der Waals surface area contributed by atoms with Crippen LogP contribution in [-0.2, 0) is 19.9 Å². The van der Waals surface area contributed by atoms with E-state index in [9.17, 15) is 28.9 Å². The molecule has 0 aliphatic carbocycles. The number of carbonyl (C=O) groups excluding carboxylic acids is 3. The molecule has 2 aromatic carbocycles. The lowest BCUT2D eigenvalue weighted by Crippen LogP contribution is -2.54. The van der Waals surface area contributed by atoms with Gasteiger partial charge < -0.3 is 5.32 Å². The first-order valence-corrected chi connectivity index (χ1v) is 10.4. The van der Waals surface area contributed by atoms with Crippen molar-refractivity contribution in [2.45, 2.75) is 24.4 Å². The minimum Gasteiger partial charge on any atom is -0.324 e. The average molecular weight is 436 g/mol. The highest BCUT2D eigenvalue weighted by Gasteiger charge is 2.74. The van der Waals surface area contributed by atoms with E-state index in [1.165, 1.54) is 42.5 Å². The smallest absolute Gasteiger partial charge is 0.269 e. The Morgan fingerprint density at radius 2 is 1.84 bits per heavy atom. The van der Waals surface area contributed by atoms with E-state index in [1.54, 1.807) is 0 Å². The Labute approximate surface area is 180 Å². The van der Waals surface area contributed by atoms with Crippen molar-refractivity contribution in [2.75, 3.05) is 16.8 Å². The van der Waals surface area contributed by atoms with Gasteiger partial charge >= 0.3 is 0 Å². The highest BCUT2D eigenvalue weighted by molar-refractivity contribution is 6.25. The predicted molar refractivity (Wildman–Crippen MR) is 109 cm³/mol. The van der Waals surface area contributed by atoms with Gasteiger partial charge in [-0.15, -0.1) is 0 Å². The van der Waals surface area contributed by atoms with E-state index in [1.807, 2.05) is 4.90 Å². The van der Waals surface area contributed by atoms with Crippen LogP contribution in [-0.4, -0.2) is 40.1 Å². The maximum atomic E-state index is 14.3. The van der Waals surface area contributed by atoms with Gasteiger partial charge in [0.25, 0.3) is 5.69 Å². The summed E-state index contributed by atoms with van der Waals surface area (Å²) >= 11 is 0. The number of carbonyl (C=O) groups is 3. The highest BCUT2D eigenvalue weighted by Crippen LogP contribution is 2.60. The number of rotatable bonds is 2. The Morgan fingerprint density at radius 1 is 1.09 bits per heavy atom. The van der Waals surface area contributed by atoms with E-state index in [-0.39, 0.29) is 17.4 Å². The van der Waals surface area contributed by atoms with E-state index in [0.29, 0.717) is 24.2 Å². The fraction of sp³-hybridized carbons (Fsp3) is 0.318. The maximum Gasteiger partial charge on any atom is 0.269 e. The lowest BCUT2D eigenvalue weighted by Gasteiger charge is -2.36. The molecule has 162 valence electrons. The van der Waals surface area contributed by atoms with Crippen molar-refractivity contribution in [1.29, 1.82) is 0 Å². The molecule has 1 N–H and O–H groups in total. The number of hydrogen-bond donors (Lipinski definition) is 1. The second-order valence-corrected chi connectivity index (χ2v) is 8.60. The molecule has 0 saturated carbocycles. The number of nitrogens with zero attached hydrogens (tertiary/aromatic N) is 3. The van der Waals surface area contributed by atoms with Gasteiger partial charge in [-0.25, -0.2) is 9.29 Å². The van der Waals surface area contributed by atoms with Crippen LogP contribution in [0.3, 0.4) is 0 Å². The number of anilines is 2. The molecule has 0 unspecified atom stereocenters. The SMILES string of the molecule is O=C1[C@@H]2[C@@H](C(=O)N1c1ccc([N+](=O)[O-])cc1)[C@]1(C(=O)Nc3ccc(F)cc31)N1CCC[C@@H]21. The summed E-state index contributed by atoms with van der Waals surface area (Å²) in [5.41, 5.74) is -0.570. The molecule has 32 heavy (non-hydrogen) atoms. The number of benzene rings is 2. The number of nitro groups is 1. The molecule has 1 spiro atoms. The van der Waals surface area contributed by atoms with Gasteiger partial charge in [-0.3, -0.25) is 29.4 Å². The third kappa shape index (κ3) is 2.12. The van der Waals surface area contributed by atoms with Gasteiger partial charge in [0.15, 0.2) is 0 Å².